The first-order valence-corrected chi connectivity index (χ1v) is 8.62. The summed E-state index contributed by atoms with van der Waals surface area (Å²) in [5.41, 5.74) is -0.398. The molecular weight excluding hydrogens is 461 g/mol. The molecule has 0 bridgehead atoms. The van der Waals surface area contributed by atoms with E-state index in [1.54, 1.807) is 26.2 Å². The van der Waals surface area contributed by atoms with Crippen molar-refractivity contribution in [3.05, 3.63) is 42.4 Å². The summed E-state index contributed by atoms with van der Waals surface area (Å²) in [5, 5.41) is 16.9. The Kier molecular flexibility index (Phi) is 9.44. The summed E-state index contributed by atoms with van der Waals surface area (Å²) in [5.74, 6) is 2.34. The number of methoxy groups -OCH3 is 1. The van der Waals surface area contributed by atoms with Crippen molar-refractivity contribution in [2.75, 3.05) is 32.1 Å². The van der Waals surface area contributed by atoms with E-state index >= 15 is 0 Å². The van der Waals surface area contributed by atoms with Crippen molar-refractivity contribution in [3.8, 4) is 11.5 Å². The number of furan rings is 1. The van der Waals surface area contributed by atoms with E-state index in [2.05, 4.69) is 15.6 Å². The number of halogens is 1. The first kappa shape index (κ1) is 23.1. The maximum Gasteiger partial charge on any atom is 0.195 e. The zero-order valence-corrected chi connectivity index (χ0v) is 18.4. The Bertz CT molecular complexity index is 718. The molecule has 1 atom stereocenters. The van der Waals surface area contributed by atoms with E-state index in [9.17, 15) is 5.11 Å². The fourth-order valence-corrected chi connectivity index (χ4v) is 2.36. The van der Waals surface area contributed by atoms with Crippen LogP contribution in [0.4, 0.5) is 5.69 Å². The molecule has 0 spiro atoms. The quantitative estimate of drug-likeness (QED) is 0.299. The third-order valence-corrected chi connectivity index (χ3v) is 3.67. The van der Waals surface area contributed by atoms with E-state index < -0.39 is 5.60 Å². The lowest BCUT2D eigenvalue weighted by atomic mass is 10.0. The van der Waals surface area contributed by atoms with Gasteiger partial charge in [0.15, 0.2) is 17.5 Å². The van der Waals surface area contributed by atoms with Crippen LogP contribution in [0.3, 0.4) is 0 Å². The number of aliphatic hydroxyl groups is 1. The Morgan fingerprint density at radius 3 is 2.63 bits per heavy atom. The number of nitrogens with zero attached hydrogens (tertiary/aromatic N) is 1. The van der Waals surface area contributed by atoms with Gasteiger partial charge in [-0.2, -0.15) is 0 Å². The van der Waals surface area contributed by atoms with E-state index in [4.69, 9.17) is 13.9 Å². The lowest BCUT2D eigenvalue weighted by molar-refractivity contribution is 0.0438. The summed E-state index contributed by atoms with van der Waals surface area (Å²) < 4.78 is 16.2. The molecule has 0 aliphatic rings. The van der Waals surface area contributed by atoms with Gasteiger partial charge in [-0.05, 0) is 45.0 Å². The number of aliphatic imine (C=N–C) groups is 1. The van der Waals surface area contributed by atoms with Crippen LogP contribution in [0.15, 0.2) is 46.0 Å². The lowest BCUT2D eigenvalue weighted by Crippen LogP contribution is -2.33. The minimum atomic E-state index is -1.19. The largest absolute Gasteiger partial charge is 0.493 e. The minimum Gasteiger partial charge on any atom is -0.493 e. The van der Waals surface area contributed by atoms with Gasteiger partial charge in [0, 0.05) is 18.3 Å². The van der Waals surface area contributed by atoms with E-state index in [1.807, 2.05) is 32.0 Å². The molecule has 0 amide bonds. The second kappa shape index (κ2) is 11.0. The number of ether oxygens (including phenoxy) is 2. The molecule has 0 saturated carbocycles. The average molecular weight is 489 g/mol. The highest BCUT2D eigenvalue weighted by Crippen LogP contribution is 2.30. The second-order valence-corrected chi connectivity index (χ2v) is 5.87. The van der Waals surface area contributed by atoms with Crippen LogP contribution in [-0.4, -0.2) is 37.9 Å². The Labute approximate surface area is 177 Å². The molecule has 3 N–H and O–H groups in total. The van der Waals surface area contributed by atoms with Gasteiger partial charge in [0.1, 0.15) is 11.4 Å². The van der Waals surface area contributed by atoms with Crippen molar-refractivity contribution in [1.29, 1.82) is 0 Å². The fraction of sp³-hybridized carbons (Fsp3) is 0.421. The van der Waals surface area contributed by atoms with Gasteiger partial charge in [0.05, 0.1) is 26.5 Å². The standard InChI is InChI=1S/C19H27N3O4.HI/c1-5-20-18(21-13-19(3,23)17-8-7-11-26-17)22-14-9-10-15(25-6-2)16(12-14)24-4;/h7-12,23H,5-6,13H2,1-4H3,(H2,20,21,22);1H. The normalized spacial score (nSPS) is 13.3. The van der Waals surface area contributed by atoms with E-state index in [0.717, 1.165) is 5.69 Å². The van der Waals surface area contributed by atoms with Gasteiger partial charge in [0.2, 0.25) is 0 Å². The maximum atomic E-state index is 10.5. The van der Waals surface area contributed by atoms with Gasteiger partial charge in [0.25, 0.3) is 0 Å². The molecule has 0 saturated heterocycles. The summed E-state index contributed by atoms with van der Waals surface area (Å²) in [6.45, 7) is 6.95. The van der Waals surface area contributed by atoms with Crippen LogP contribution in [0.1, 0.15) is 26.5 Å². The molecule has 1 heterocycles. The molecule has 150 valence electrons. The predicted octanol–water partition coefficient (Wildman–Crippen LogP) is 3.59. The van der Waals surface area contributed by atoms with E-state index in [1.165, 1.54) is 6.26 Å². The number of nitrogens with one attached hydrogen (secondary N) is 2. The highest BCUT2D eigenvalue weighted by atomic mass is 127. The summed E-state index contributed by atoms with van der Waals surface area (Å²) >= 11 is 0. The minimum absolute atomic E-state index is 0. The van der Waals surface area contributed by atoms with Crippen LogP contribution in [0.2, 0.25) is 0 Å². The van der Waals surface area contributed by atoms with Crippen LogP contribution in [-0.2, 0) is 5.60 Å². The average Bonchev–Trinajstić information content (AvgIpc) is 3.17. The third kappa shape index (κ3) is 6.62. The molecule has 7 nitrogen and oxygen atoms in total. The Balaban J connectivity index is 0.00000364. The Morgan fingerprint density at radius 1 is 1.26 bits per heavy atom. The number of hydrogen-bond donors (Lipinski definition) is 3. The number of rotatable bonds is 8. The molecule has 0 aliphatic heterocycles. The van der Waals surface area contributed by atoms with Crippen molar-refractivity contribution in [2.45, 2.75) is 26.4 Å². The molecule has 27 heavy (non-hydrogen) atoms. The van der Waals surface area contributed by atoms with E-state index in [-0.39, 0.29) is 30.5 Å². The molecule has 0 aliphatic carbocycles. The van der Waals surface area contributed by atoms with Crippen molar-refractivity contribution < 1.29 is 19.0 Å². The van der Waals surface area contributed by atoms with Crippen LogP contribution in [0.25, 0.3) is 0 Å². The van der Waals surface area contributed by atoms with Gasteiger partial charge < -0.3 is 29.6 Å². The van der Waals surface area contributed by atoms with Gasteiger partial charge in [-0.25, -0.2) is 4.99 Å². The topological polar surface area (TPSA) is 88.3 Å². The molecule has 2 aromatic rings. The van der Waals surface area contributed by atoms with Crippen LogP contribution >= 0.6 is 24.0 Å². The van der Waals surface area contributed by atoms with Gasteiger partial charge in [-0.15, -0.1) is 24.0 Å². The molecule has 1 aromatic carbocycles. The van der Waals surface area contributed by atoms with Crippen molar-refractivity contribution in [3.63, 3.8) is 0 Å². The van der Waals surface area contributed by atoms with Gasteiger partial charge in [-0.3, -0.25) is 0 Å². The Hall–Kier alpha value is -1.94. The molecular formula is C19H28IN3O4. The van der Waals surface area contributed by atoms with Gasteiger partial charge >= 0.3 is 0 Å². The monoisotopic (exact) mass is 489 g/mol. The smallest absolute Gasteiger partial charge is 0.195 e. The molecule has 0 radical (unpaired) electrons. The molecule has 8 heteroatoms. The van der Waals surface area contributed by atoms with Crippen LogP contribution in [0.5, 0.6) is 11.5 Å². The number of hydrogen-bond acceptors (Lipinski definition) is 5. The highest BCUT2D eigenvalue weighted by Gasteiger charge is 2.26. The summed E-state index contributed by atoms with van der Waals surface area (Å²) in [6.07, 6.45) is 1.53. The maximum absolute atomic E-state index is 10.5. The zero-order valence-electron chi connectivity index (χ0n) is 16.1. The first-order valence-electron chi connectivity index (χ1n) is 8.62. The summed E-state index contributed by atoms with van der Waals surface area (Å²) in [6, 6.07) is 9.02. The van der Waals surface area contributed by atoms with Crippen LogP contribution in [0, 0.1) is 0 Å². The SMILES string of the molecule is CCNC(=NCC(C)(O)c1ccco1)Nc1ccc(OCC)c(OC)c1.I. The molecule has 1 unspecified atom stereocenters. The fourth-order valence-electron chi connectivity index (χ4n) is 2.36. The van der Waals surface area contributed by atoms with E-state index in [0.29, 0.717) is 36.4 Å². The molecule has 0 fully saturated rings. The zero-order chi connectivity index (χ0) is 19.0. The van der Waals surface area contributed by atoms with Gasteiger partial charge in [-0.1, -0.05) is 0 Å². The summed E-state index contributed by atoms with van der Waals surface area (Å²) in [4.78, 5) is 4.46. The molecule has 2 rings (SSSR count). The number of benzene rings is 1. The van der Waals surface area contributed by atoms with Crippen molar-refractivity contribution in [2.24, 2.45) is 4.99 Å². The first-order chi connectivity index (χ1) is 12.5. The molecule has 1 aromatic heterocycles. The third-order valence-electron chi connectivity index (χ3n) is 3.67. The number of guanidine groups is 1. The lowest BCUT2D eigenvalue weighted by Gasteiger charge is -2.20. The van der Waals surface area contributed by atoms with Crippen molar-refractivity contribution >= 4 is 35.6 Å². The Morgan fingerprint density at radius 2 is 2.04 bits per heavy atom. The summed E-state index contributed by atoms with van der Waals surface area (Å²) in [7, 11) is 1.60. The predicted molar refractivity (Wildman–Crippen MR) is 117 cm³/mol. The van der Waals surface area contributed by atoms with Crippen molar-refractivity contribution in [1.82, 2.24) is 5.32 Å². The second-order valence-electron chi connectivity index (χ2n) is 5.87. The van der Waals surface area contributed by atoms with Crippen LogP contribution < -0.4 is 20.1 Å². The highest BCUT2D eigenvalue weighted by molar-refractivity contribution is 14.0. The number of anilines is 1.